The summed E-state index contributed by atoms with van der Waals surface area (Å²) in [6, 6.07) is 7.15. The van der Waals surface area contributed by atoms with E-state index in [1.165, 1.54) is 12.8 Å². The maximum atomic E-state index is 12.7. The van der Waals surface area contributed by atoms with E-state index in [1.54, 1.807) is 19.2 Å². The molecule has 3 heteroatoms. The molecule has 2 nitrogen and oxygen atoms in total. The maximum absolute atomic E-state index is 12.7. The molecule has 98 valence electrons. The highest BCUT2D eigenvalue weighted by Crippen LogP contribution is 2.33. The lowest BCUT2D eigenvalue weighted by atomic mass is 9.86. The van der Waals surface area contributed by atoms with Crippen molar-refractivity contribution in [1.82, 2.24) is 0 Å². The number of benzene rings is 1. The maximum Gasteiger partial charge on any atom is 0.194 e. The minimum atomic E-state index is -0.638. The van der Waals surface area contributed by atoms with Crippen molar-refractivity contribution in [2.45, 2.75) is 44.1 Å². The van der Waals surface area contributed by atoms with Gasteiger partial charge in [0.2, 0.25) is 0 Å². The Morgan fingerprint density at radius 1 is 1.22 bits per heavy atom. The number of carbonyl (C=O) groups excluding carboxylic acids is 1. The van der Waals surface area contributed by atoms with Gasteiger partial charge in [0.15, 0.2) is 5.78 Å². The monoisotopic (exact) mass is 266 g/mol. The lowest BCUT2D eigenvalue weighted by Gasteiger charge is -2.29. The first kappa shape index (κ1) is 13.6. The van der Waals surface area contributed by atoms with Crippen molar-refractivity contribution in [3.63, 3.8) is 0 Å². The molecule has 0 amide bonds. The molecule has 1 saturated carbocycles. The molecule has 0 radical (unpaired) electrons. The molecular formula is C15H19ClO2. The first-order valence-corrected chi connectivity index (χ1v) is 6.91. The summed E-state index contributed by atoms with van der Waals surface area (Å²) in [5.41, 5.74) is 0.0208. The van der Waals surface area contributed by atoms with Crippen LogP contribution >= 0.6 is 11.6 Å². The van der Waals surface area contributed by atoms with Crippen LogP contribution in [0.15, 0.2) is 24.3 Å². The van der Waals surface area contributed by atoms with E-state index in [4.69, 9.17) is 16.3 Å². The molecule has 1 fully saturated rings. The van der Waals surface area contributed by atoms with Crippen LogP contribution in [0, 0.1) is 0 Å². The fraction of sp³-hybridized carbons (Fsp3) is 0.533. The number of carbonyl (C=O) groups is 1. The van der Waals surface area contributed by atoms with E-state index in [-0.39, 0.29) is 5.78 Å². The zero-order valence-electron chi connectivity index (χ0n) is 10.7. The summed E-state index contributed by atoms with van der Waals surface area (Å²) in [6.45, 7) is 0. The Bertz CT molecular complexity index is 420. The Morgan fingerprint density at radius 2 is 1.89 bits per heavy atom. The van der Waals surface area contributed by atoms with Crippen molar-refractivity contribution in [3.05, 3.63) is 34.9 Å². The lowest BCUT2D eigenvalue weighted by molar-refractivity contribution is -0.00692. The molecule has 0 atom stereocenters. The molecule has 0 bridgehead atoms. The standard InChI is InChI=1S/C15H19ClO2/c1-18-15(9-4-2-3-5-10-15)14(17)12-7-6-8-13(16)11-12/h6-8,11H,2-5,9-10H2,1H3. The second-order valence-electron chi connectivity index (χ2n) is 4.95. The van der Waals surface area contributed by atoms with E-state index in [0.717, 1.165) is 25.7 Å². The summed E-state index contributed by atoms with van der Waals surface area (Å²) in [4.78, 5) is 12.7. The van der Waals surface area contributed by atoms with Crippen molar-refractivity contribution in [1.29, 1.82) is 0 Å². The summed E-state index contributed by atoms with van der Waals surface area (Å²) in [6.07, 6.45) is 6.12. The summed E-state index contributed by atoms with van der Waals surface area (Å²) in [5.74, 6) is 0.0781. The minimum Gasteiger partial charge on any atom is -0.370 e. The molecule has 2 rings (SSSR count). The molecule has 18 heavy (non-hydrogen) atoms. The van der Waals surface area contributed by atoms with Gasteiger partial charge in [-0.1, -0.05) is 49.4 Å². The average molecular weight is 267 g/mol. The fourth-order valence-corrected chi connectivity index (χ4v) is 2.91. The number of ketones is 1. The van der Waals surface area contributed by atoms with E-state index in [2.05, 4.69) is 0 Å². The first-order chi connectivity index (χ1) is 8.68. The average Bonchev–Trinajstić information content (AvgIpc) is 2.64. The predicted octanol–water partition coefficient (Wildman–Crippen LogP) is 4.26. The molecule has 1 aromatic rings. The molecular weight excluding hydrogens is 248 g/mol. The van der Waals surface area contributed by atoms with Crippen molar-refractivity contribution in [2.75, 3.05) is 7.11 Å². The van der Waals surface area contributed by atoms with Crippen molar-refractivity contribution < 1.29 is 9.53 Å². The van der Waals surface area contributed by atoms with Gasteiger partial charge < -0.3 is 4.74 Å². The van der Waals surface area contributed by atoms with Gasteiger partial charge in [0, 0.05) is 17.7 Å². The van der Waals surface area contributed by atoms with Crippen LogP contribution in [0.3, 0.4) is 0 Å². The molecule has 1 aliphatic carbocycles. The Kier molecular flexibility index (Phi) is 4.41. The molecule has 1 aliphatic rings. The van der Waals surface area contributed by atoms with Crippen molar-refractivity contribution >= 4 is 17.4 Å². The van der Waals surface area contributed by atoms with E-state index in [9.17, 15) is 4.79 Å². The third-order valence-corrected chi connectivity index (χ3v) is 4.04. The van der Waals surface area contributed by atoms with Crippen molar-refractivity contribution in [2.24, 2.45) is 0 Å². The molecule has 0 unspecified atom stereocenters. The lowest BCUT2D eigenvalue weighted by Crippen LogP contribution is -2.40. The summed E-state index contributed by atoms with van der Waals surface area (Å²) in [7, 11) is 1.65. The second kappa shape index (κ2) is 5.85. The van der Waals surface area contributed by atoms with Crippen LogP contribution < -0.4 is 0 Å². The normalized spacial score (nSPS) is 19.2. The molecule has 0 spiro atoms. The number of hydrogen-bond acceptors (Lipinski definition) is 2. The Balaban J connectivity index is 2.28. The molecule has 0 N–H and O–H groups in total. The number of rotatable bonds is 3. The molecule has 0 heterocycles. The summed E-state index contributed by atoms with van der Waals surface area (Å²) >= 11 is 5.96. The van der Waals surface area contributed by atoms with Crippen LogP contribution in [0.2, 0.25) is 5.02 Å². The third kappa shape index (κ3) is 2.76. The molecule has 0 aliphatic heterocycles. The van der Waals surface area contributed by atoms with Gasteiger partial charge in [-0.3, -0.25) is 4.79 Å². The first-order valence-electron chi connectivity index (χ1n) is 6.53. The highest BCUT2D eigenvalue weighted by molar-refractivity contribution is 6.31. The number of hydrogen-bond donors (Lipinski definition) is 0. The van der Waals surface area contributed by atoms with E-state index in [0.29, 0.717) is 10.6 Å². The second-order valence-corrected chi connectivity index (χ2v) is 5.39. The summed E-state index contributed by atoms with van der Waals surface area (Å²) in [5, 5.41) is 0.598. The highest BCUT2D eigenvalue weighted by atomic mass is 35.5. The van der Waals surface area contributed by atoms with E-state index in [1.807, 2.05) is 12.1 Å². The van der Waals surface area contributed by atoms with Crippen LogP contribution in [-0.4, -0.2) is 18.5 Å². The third-order valence-electron chi connectivity index (χ3n) is 3.80. The smallest absolute Gasteiger partial charge is 0.194 e. The van der Waals surface area contributed by atoms with Crippen LogP contribution in [0.25, 0.3) is 0 Å². The quantitative estimate of drug-likeness (QED) is 0.603. The number of methoxy groups -OCH3 is 1. The fourth-order valence-electron chi connectivity index (χ4n) is 2.72. The minimum absolute atomic E-state index is 0.0781. The topological polar surface area (TPSA) is 26.3 Å². The van der Waals surface area contributed by atoms with Gasteiger partial charge in [0.1, 0.15) is 5.60 Å². The van der Waals surface area contributed by atoms with Gasteiger partial charge in [-0.15, -0.1) is 0 Å². The Morgan fingerprint density at radius 3 is 2.44 bits per heavy atom. The molecule has 0 saturated heterocycles. The number of Topliss-reactive ketones (excluding diaryl/α,β-unsaturated/α-hetero) is 1. The van der Waals surface area contributed by atoms with Gasteiger partial charge in [-0.05, 0) is 25.0 Å². The van der Waals surface area contributed by atoms with E-state index < -0.39 is 5.60 Å². The van der Waals surface area contributed by atoms with Gasteiger partial charge in [0.05, 0.1) is 0 Å². The Labute approximate surface area is 113 Å². The zero-order valence-corrected chi connectivity index (χ0v) is 11.5. The Hall–Kier alpha value is -0.860. The van der Waals surface area contributed by atoms with Crippen LogP contribution in [0.4, 0.5) is 0 Å². The van der Waals surface area contributed by atoms with Crippen LogP contribution in [0.5, 0.6) is 0 Å². The largest absolute Gasteiger partial charge is 0.370 e. The highest BCUT2D eigenvalue weighted by Gasteiger charge is 2.38. The van der Waals surface area contributed by atoms with Crippen molar-refractivity contribution in [3.8, 4) is 0 Å². The predicted molar refractivity (Wildman–Crippen MR) is 73.2 cm³/mol. The molecule has 1 aromatic carbocycles. The van der Waals surface area contributed by atoms with Gasteiger partial charge in [-0.25, -0.2) is 0 Å². The van der Waals surface area contributed by atoms with Gasteiger partial charge in [0.25, 0.3) is 0 Å². The van der Waals surface area contributed by atoms with Crippen LogP contribution in [0.1, 0.15) is 48.9 Å². The number of halogens is 1. The SMILES string of the molecule is COC1(C(=O)c2cccc(Cl)c2)CCCCCC1. The summed E-state index contributed by atoms with van der Waals surface area (Å²) < 4.78 is 5.62. The van der Waals surface area contributed by atoms with E-state index >= 15 is 0 Å². The number of ether oxygens (including phenoxy) is 1. The zero-order chi connectivity index (χ0) is 13.0. The van der Waals surface area contributed by atoms with Gasteiger partial charge in [-0.2, -0.15) is 0 Å². The molecule has 0 aromatic heterocycles. The van der Waals surface area contributed by atoms with Crippen LogP contribution in [-0.2, 0) is 4.74 Å². The van der Waals surface area contributed by atoms with Gasteiger partial charge >= 0.3 is 0 Å².